The first-order valence-corrected chi connectivity index (χ1v) is 7.25. The number of aryl methyl sites for hydroxylation is 1. The molecule has 0 heterocycles. The van der Waals surface area contributed by atoms with Gasteiger partial charge >= 0.3 is 0 Å². The SMILES string of the molecule is Cc1ccc(Br)cc1C(NN)c1cccc(Cl)c1Cl. The number of hydrazine groups is 1. The Labute approximate surface area is 131 Å². The van der Waals surface area contributed by atoms with Crippen molar-refractivity contribution in [3.8, 4) is 0 Å². The number of hydrogen-bond donors (Lipinski definition) is 2. The quantitative estimate of drug-likeness (QED) is 0.620. The maximum atomic E-state index is 6.27. The van der Waals surface area contributed by atoms with Crippen molar-refractivity contribution >= 4 is 39.1 Å². The average molecular weight is 360 g/mol. The Morgan fingerprint density at radius 1 is 1.16 bits per heavy atom. The third-order valence-electron chi connectivity index (χ3n) is 3.01. The Hall–Kier alpha value is -0.580. The van der Waals surface area contributed by atoms with Gasteiger partial charge in [-0.2, -0.15) is 0 Å². The molecule has 0 saturated heterocycles. The van der Waals surface area contributed by atoms with Crippen molar-refractivity contribution < 1.29 is 0 Å². The van der Waals surface area contributed by atoms with E-state index in [2.05, 4.69) is 21.4 Å². The predicted octanol–water partition coefficient (Wildman–Crippen LogP) is 4.62. The molecule has 0 aliphatic heterocycles. The van der Waals surface area contributed by atoms with Crippen LogP contribution in [-0.2, 0) is 0 Å². The summed E-state index contributed by atoms with van der Waals surface area (Å²) in [6.07, 6.45) is 0. The monoisotopic (exact) mass is 358 g/mol. The van der Waals surface area contributed by atoms with Crippen molar-refractivity contribution in [2.75, 3.05) is 0 Å². The third kappa shape index (κ3) is 3.12. The fourth-order valence-corrected chi connectivity index (χ4v) is 2.81. The van der Waals surface area contributed by atoms with E-state index in [0.29, 0.717) is 10.0 Å². The zero-order chi connectivity index (χ0) is 14.0. The Balaban J connectivity index is 2.56. The van der Waals surface area contributed by atoms with E-state index in [4.69, 9.17) is 29.0 Å². The van der Waals surface area contributed by atoms with E-state index in [-0.39, 0.29) is 6.04 Å². The lowest BCUT2D eigenvalue weighted by Gasteiger charge is -2.21. The van der Waals surface area contributed by atoms with Crippen LogP contribution in [0.2, 0.25) is 10.0 Å². The number of benzene rings is 2. The third-order valence-corrected chi connectivity index (χ3v) is 4.34. The van der Waals surface area contributed by atoms with Gasteiger partial charge in [-0.3, -0.25) is 5.84 Å². The molecule has 0 aromatic heterocycles. The first-order chi connectivity index (χ1) is 9.04. The van der Waals surface area contributed by atoms with Crippen LogP contribution in [0.1, 0.15) is 22.7 Å². The lowest BCUT2D eigenvalue weighted by atomic mass is 9.95. The molecule has 0 aliphatic rings. The lowest BCUT2D eigenvalue weighted by Crippen LogP contribution is -2.29. The smallest absolute Gasteiger partial charge is 0.0728 e. The molecule has 0 amide bonds. The second-order valence-corrected chi connectivity index (χ2v) is 5.94. The fourth-order valence-electron chi connectivity index (χ4n) is 2.01. The van der Waals surface area contributed by atoms with Gasteiger partial charge in [-0.25, -0.2) is 5.43 Å². The number of nitrogens with one attached hydrogen (secondary N) is 1. The minimum Gasteiger partial charge on any atom is -0.271 e. The van der Waals surface area contributed by atoms with E-state index in [9.17, 15) is 0 Å². The summed E-state index contributed by atoms with van der Waals surface area (Å²) >= 11 is 15.8. The Morgan fingerprint density at radius 2 is 1.89 bits per heavy atom. The van der Waals surface area contributed by atoms with Crippen LogP contribution in [0.3, 0.4) is 0 Å². The number of rotatable bonds is 3. The van der Waals surface area contributed by atoms with Crippen LogP contribution < -0.4 is 11.3 Å². The summed E-state index contributed by atoms with van der Waals surface area (Å²) in [5, 5.41) is 1.04. The Bertz CT molecular complexity index is 600. The molecule has 100 valence electrons. The summed E-state index contributed by atoms with van der Waals surface area (Å²) in [6.45, 7) is 2.03. The minimum atomic E-state index is -0.205. The van der Waals surface area contributed by atoms with Crippen LogP contribution in [0.25, 0.3) is 0 Å². The normalized spacial score (nSPS) is 12.5. The highest BCUT2D eigenvalue weighted by molar-refractivity contribution is 9.10. The maximum absolute atomic E-state index is 6.27. The van der Waals surface area contributed by atoms with E-state index in [1.165, 1.54) is 0 Å². The molecule has 0 spiro atoms. The molecule has 0 saturated carbocycles. The summed E-state index contributed by atoms with van der Waals surface area (Å²) in [6, 6.07) is 11.4. The van der Waals surface area contributed by atoms with E-state index < -0.39 is 0 Å². The largest absolute Gasteiger partial charge is 0.271 e. The predicted molar refractivity (Wildman–Crippen MR) is 84.5 cm³/mol. The van der Waals surface area contributed by atoms with Gasteiger partial charge in [0.2, 0.25) is 0 Å². The first-order valence-electron chi connectivity index (χ1n) is 5.70. The molecule has 2 aromatic rings. The van der Waals surface area contributed by atoms with E-state index in [1.54, 1.807) is 6.07 Å². The molecule has 2 rings (SSSR count). The van der Waals surface area contributed by atoms with Crippen molar-refractivity contribution in [2.24, 2.45) is 5.84 Å². The van der Waals surface area contributed by atoms with Gasteiger partial charge in [-0.05, 0) is 41.8 Å². The van der Waals surface area contributed by atoms with Crippen LogP contribution in [0.5, 0.6) is 0 Å². The van der Waals surface area contributed by atoms with E-state index >= 15 is 0 Å². The number of halogens is 3. The van der Waals surface area contributed by atoms with Gasteiger partial charge in [0.1, 0.15) is 0 Å². The topological polar surface area (TPSA) is 38.0 Å². The second kappa shape index (κ2) is 6.25. The molecule has 0 bridgehead atoms. The van der Waals surface area contributed by atoms with E-state index in [0.717, 1.165) is 21.2 Å². The molecule has 0 radical (unpaired) electrons. The standard InChI is InChI=1S/C14H13BrCl2N2/c1-8-5-6-9(15)7-11(8)14(19-18)10-3-2-4-12(16)13(10)17/h2-7,14,19H,18H2,1H3. The highest BCUT2D eigenvalue weighted by atomic mass is 79.9. The lowest BCUT2D eigenvalue weighted by molar-refractivity contribution is 0.633. The molecular weight excluding hydrogens is 347 g/mol. The fraction of sp³-hybridized carbons (Fsp3) is 0.143. The van der Waals surface area contributed by atoms with Crippen molar-refractivity contribution in [3.63, 3.8) is 0 Å². The molecule has 19 heavy (non-hydrogen) atoms. The highest BCUT2D eigenvalue weighted by Crippen LogP contribution is 2.34. The highest BCUT2D eigenvalue weighted by Gasteiger charge is 2.19. The molecule has 5 heteroatoms. The van der Waals surface area contributed by atoms with E-state index in [1.807, 2.05) is 37.3 Å². The van der Waals surface area contributed by atoms with Crippen LogP contribution in [0.15, 0.2) is 40.9 Å². The first kappa shape index (κ1) is 14.8. The van der Waals surface area contributed by atoms with Crippen molar-refractivity contribution in [1.82, 2.24) is 5.43 Å². The number of hydrogen-bond acceptors (Lipinski definition) is 2. The van der Waals surface area contributed by atoms with Crippen molar-refractivity contribution in [2.45, 2.75) is 13.0 Å². The van der Waals surface area contributed by atoms with Crippen molar-refractivity contribution in [3.05, 3.63) is 67.6 Å². The van der Waals surface area contributed by atoms with Gasteiger partial charge in [-0.15, -0.1) is 0 Å². The Morgan fingerprint density at radius 3 is 2.58 bits per heavy atom. The summed E-state index contributed by atoms with van der Waals surface area (Å²) in [7, 11) is 0. The van der Waals surface area contributed by atoms with Crippen LogP contribution >= 0.6 is 39.1 Å². The second-order valence-electron chi connectivity index (χ2n) is 4.24. The summed E-state index contributed by atoms with van der Waals surface area (Å²) in [5.74, 6) is 5.71. The van der Waals surface area contributed by atoms with Gasteiger partial charge in [0.05, 0.1) is 16.1 Å². The average Bonchev–Trinajstić information content (AvgIpc) is 2.39. The molecular formula is C14H13BrCl2N2. The van der Waals surface area contributed by atoms with Crippen LogP contribution in [0, 0.1) is 6.92 Å². The van der Waals surface area contributed by atoms with Gasteiger partial charge < -0.3 is 0 Å². The zero-order valence-electron chi connectivity index (χ0n) is 10.3. The van der Waals surface area contributed by atoms with Crippen LogP contribution in [-0.4, -0.2) is 0 Å². The van der Waals surface area contributed by atoms with Gasteiger partial charge in [0, 0.05) is 4.47 Å². The summed E-state index contributed by atoms with van der Waals surface area (Å²) < 4.78 is 0.992. The molecule has 3 N–H and O–H groups in total. The van der Waals surface area contributed by atoms with Gasteiger partial charge in [0.15, 0.2) is 0 Å². The molecule has 1 unspecified atom stereocenters. The molecule has 1 atom stereocenters. The molecule has 2 aromatic carbocycles. The molecule has 0 aliphatic carbocycles. The van der Waals surface area contributed by atoms with Crippen LogP contribution in [0.4, 0.5) is 0 Å². The Kier molecular flexibility index (Phi) is 4.87. The number of nitrogens with two attached hydrogens (primary N) is 1. The van der Waals surface area contributed by atoms with Gasteiger partial charge in [0.25, 0.3) is 0 Å². The minimum absolute atomic E-state index is 0.205. The molecule has 0 fully saturated rings. The maximum Gasteiger partial charge on any atom is 0.0728 e. The zero-order valence-corrected chi connectivity index (χ0v) is 13.4. The van der Waals surface area contributed by atoms with Gasteiger partial charge in [-0.1, -0.05) is 57.3 Å². The molecule has 2 nitrogen and oxygen atoms in total. The van der Waals surface area contributed by atoms with Crippen molar-refractivity contribution in [1.29, 1.82) is 0 Å². The summed E-state index contributed by atoms with van der Waals surface area (Å²) in [4.78, 5) is 0. The summed E-state index contributed by atoms with van der Waals surface area (Å²) in [5.41, 5.74) is 5.85.